The zero-order valence-electron chi connectivity index (χ0n) is 6.38. The average Bonchev–Trinajstić information content (AvgIpc) is 2.03. The number of halogens is 1. The molecule has 1 nitrogen and oxygen atoms in total. The lowest BCUT2D eigenvalue weighted by Gasteiger charge is -2.02. The summed E-state index contributed by atoms with van der Waals surface area (Å²) in [5.41, 5.74) is 1.24. The van der Waals surface area contributed by atoms with E-state index in [1.165, 1.54) is 9.13 Å². The maximum Gasteiger partial charge on any atom is 0.0810 e. The second-order valence-electron chi connectivity index (χ2n) is 2.14. The van der Waals surface area contributed by atoms with E-state index in [0.717, 1.165) is 0 Å². The van der Waals surface area contributed by atoms with Gasteiger partial charge in [-0.2, -0.15) is 0 Å². The molecule has 0 aliphatic heterocycles. The molecular formula is C9H10IO. The first-order valence-electron chi connectivity index (χ1n) is 3.47. The number of hydrogen-bond acceptors (Lipinski definition) is 1. The fourth-order valence-corrected chi connectivity index (χ4v) is 1.33. The van der Waals surface area contributed by atoms with Gasteiger partial charge in [0, 0.05) is 3.57 Å². The summed E-state index contributed by atoms with van der Waals surface area (Å²) in [7, 11) is 0. The molecule has 0 N–H and O–H groups in total. The third-order valence-corrected chi connectivity index (χ3v) is 2.42. The van der Waals surface area contributed by atoms with E-state index in [1.54, 1.807) is 6.61 Å². The molecule has 0 fully saturated rings. The average molecular weight is 261 g/mol. The normalized spacial score (nSPS) is 10.0. The monoisotopic (exact) mass is 261 g/mol. The van der Waals surface area contributed by atoms with Gasteiger partial charge in [0.1, 0.15) is 0 Å². The van der Waals surface area contributed by atoms with Crippen LogP contribution in [0.3, 0.4) is 0 Å². The van der Waals surface area contributed by atoms with Crippen LogP contribution in [0, 0.1) is 10.2 Å². The van der Waals surface area contributed by atoms with Crippen LogP contribution in [-0.2, 0) is 11.3 Å². The Balaban J connectivity index is 2.62. The predicted molar refractivity (Wildman–Crippen MR) is 53.9 cm³/mol. The minimum Gasteiger partial charge on any atom is -0.371 e. The summed E-state index contributed by atoms with van der Waals surface area (Å²) in [6, 6.07) is 8.21. The third-order valence-electron chi connectivity index (χ3n) is 1.36. The first kappa shape index (κ1) is 9.00. The van der Waals surface area contributed by atoms with Gasteiger partial charge in [-0.15, -0.1) is 0 Å². The van der Waals surface area contributed by atoms with Gasteiger partial charge in [0.15, 0.2) is 0 Å². The molecule has 0 amide bonds. The first-order valence-corrected chi connectivity index (χ1v) is 4.55. The number of ether oxygens (including phenoxy) is 1. The Hall–Kier alpha value is -0.0900. The lowest BCUT2D eigenvalue weighted by atomic mass is 10.2. The minimum atomic E-state index is 0.676. The fraction of sp³-hybridized carbons (Fsp3) is 0.222. The topological polar surface area (TPSA) is 9.23 Å². The van der Waals surface area contributed by atoms with Gasteiger partial charge in [0.2, 0.25) is 0 Å². The highest BCUT2D eigenvalue weighted by Gasteiger charge is 1.95. The van der Waals surface area contributed by atoms with Gasteiger partial charge in [-0.3, -0.25) is 0 Å². The molecule has 0 atom stereocenters. The molecule has 0 aliphatic rings. The third kappa shape index (κ3) is 2.79. The molecule has 2 heteroatoms. The Kier molecular flexibility index (Phi) is 3.86. The molecule has 0 bridgehead atoms. The van der Waals surface area contributed by atoms with Crippen LogP contribution >= 0.6 is 22.6 Å². The standard InChI is InChI=1S/C9H10IO/c1-2-11-7-8-5-3-4-6-9(8)10/h2-6H,7H2,1H3. The largest absolute Gasteiger partial charge is 0.371 e. The molecule has 1 rings (SSSR count). The van der Waals surface area contributed by atoms with Gasteiger partial charge >= 0.3 is 0 Å². The molecule has 11 heavy (non-hydrogen) atoms. The van der Waals surface area contributed by atoms with Crippen molar-refractivity contribution in [3.8, 4) is 0 Å². The van der Waals surface area contributed by atoms with Crippen molar-refractivity contribution < 1.29 is 4.74 Å². The molecule has 0 saturated carbocycles. The van der Waals surface area contributed by atoms with Gasteiger partial charge in [-0.25, -0.2) is 0 Å². The smallest absolute Gasteiger partial charge is 0.0810 e. The van der Waals surface area contributed by atoms with E-state index < -0.39 is 0 Å². The van der Waals surface area contributed by atoms with Gasteiger partial charge in [0.05, 0.1) is 13.2 Å². The molecule has 0 saturated heterocycles. The quantitative estimate of drug-likeness (QED) is 0.760. The SMILES string of the molecule is C[CH]OCc1ccccc1I. The highest BCUT2D eigenvalue weighted by atomic mass is 127. The van der Waals surface area contributed by atoms with Crippen LogP contribution < -0.4 is 0 Å². The molecule has 1 aromatic carbocycles. The summed E-state index contributed by atoms with van der Waals surface area (Å²) in [5, 5.41) is 0. The Bertz CT molecular complexity index is 223. The van der Waals surface area contributed by atoms with Crippen LogP contribution in [0.2, 0.25) is 0 Å². The maximum atomic E-state index is 5.17. The van der Waals surface area contributed by atoms with E-state index in [0.29, 0.717) is 6.61 Å². The minimum absolute atomic E-state index is 0.676. The van der Waals surface area contributed by atoms with Gasteiger partial charge in [-0.1, -0.05) is 18.2 Å². The zero-order valence-corrected chi connectivity index (χ0v) is 8.54. The van der Waals surface area contributed by atoms with Crippen molar-refractivity contribution in [3.63, 3.8) is 0 Å². The molecule has 0 aliphatic carbocycles. The summed E-state index contributed by atoms with van der Waals surface area (Å²) in [5.74, 6) is 0. The summed E-state index contributed by atoms with van der Waals surface area (Å²) in [6.07, 6.45) is 0. The van der Waals surface area contributed by atoms with Crippen molar-refractivity contribution in [1.82, 2.24) is 0 Å². The van der Waals surface area contributed by atoms with Crippen molar-refractivity contribution in [3.05, 3.63) is 40.0 Å². The maximum absolute atomic E-state index is 5.17. The lowest BCUT2D eigenvalue weighted by molar-refractivity contribution is 0.190. The van der Waals surface area contributed by atoms with Gasteiger partial charge < -0.3 is 4.74 Å². The predicted octanol–water partition coefficient (Wildman–Crippen LogP) is 2.99. The van der Waals surface area contributed by atoms with Crippen LogP contribution in [-0.4, -0.2) is 0 Å². The highest BCUT2D eigenvalue weighted by molar-refractivity contribution is 14.1. The van der Waals surface area contributed by atoms with Crippen molar-refractivity contribution in [1.29, 1.82) is 0 Å². The van der Waals surface area contributed by atoms with Crippen LogP contribution in [0.5, 0.6) is 0 Å². The molecule has 0 spiro atoms. The Morgan fingerprint density at radius 1 is 1.45 bits per heavy atom. The summed E-state index contributed by atoms with van der Waals surface area (Å²) < 4.78 is 6.43. The first-order chi connectivity index (χ1) is 5.34. The Morgan fingerprint density at radius 2 is 2.18 bits per heavy atom. The Labute approximate surface area is 80.9 Å². The molecular weight excluding hydrogens is 251 g/mol. The van der Waals surface area contributed by atoms with Crippen LogP contribution in [0.25, 0.3) is 0 Å². The molecule has 0 aromatic heterocycles. The van der Waals surface area contributed by atoms with Crippen molar-refractivity contribution in [2.24, 2.45) is 0 Å². The van der Waals surface area contributed by atoms with Crippen molar-refractivity contribution >= 4 is 22.6 Å². The van der Waals surface area contributed by atoms with Crippen LogP contribution in [0.4, 0.5) is 0 Å². The number of benzene rings is 1. The van der Waals surface area contributed by atoms with E-state index in [1.807, 2.05) is 19.1 Å². The van der Waals surface area contributed by atoms with E-state index in [2.05, 4.69) is 34.7 Å². The lowest BCUT2D eigenvalue weighted by Crippen LogP contribution is -1.90. The van der Waals surface area contributed by atoms with Crippen molar-refractivity contribution in [2.75, 3.05) is 0 Å². The fourth-order valence-electron chi connectivity index (χ4n) is 0.789. The van der Waals surface area contributed by atoms with E-state index in [-0.39, 0.29) is 0 Å². The molecule has 1 radical (unpaired) electrons. The van der Waals surface area contributed by atoms with Gasteiger partial charge in [0.25, 0.3) is 0 Å². The summed E-state index contributed by atoms with van der Waals surface area (Å²) in [6.45, 7) is 4.27. The summed E-state index contributed by atoms with van der Waals surface area (Å²) >= 11 is 2.31. The zero-order chi connectivity index (χ0) is 8.10. The number of rotatable bonds is 3. The highest BCUT2D eigenvalue weighted by Crippen LogP contribution is 2.12. The second-order valence-corrected chi connectivity index (χ2v) is 3.30. The molecule has 0 heterocycles. The van der Waals surface area contributed by atoms with E-state index >= 15 is 0 Å². The van der Waals surface area contributed by atoms with Crippen molar-refractivity contribution in [2.45, 2.75) is 13.5 Å². The van der Waals surface area contributed by atoms with E-state index in [4.69, 9.17) is 4.74 Å². The summed E-state index contributed by atoms with van der Waals surface area (Å²) in [4.78, 5) is 0. The van der Waals surface area contributed by atoms with Crippen LogP contribution in [0.15, 0.2) is 24.3 Å². The number of hydrogen-bond donors (Lipinski definition) is 0. The van der Waals surface area contributed by atoms with E-state index in [9.17, 15) is 0 Å². The second kappa shape index (κ2) is 4.72. The molecule has 1 aromatic rings. The Morgan fingerprint density at radius 3 is 2.82 bits per heavy atom. The molecule has 59 valence electrons. The van der Waals surface area contributed by atoms with Gasteiger partial charge in [-0.05, 0) is 41.1 Å². The van der Waals surface area contributed by atoms with Crippen LogP contribution in [0.1, 0.15) is 12.5 Å². The molecule has 0 unspecified atom stereocenters.